The Morgan fingerprint density at radius 2 is 1.00 bits per heavy atom. The molecule has 0 spiro atoms. The minimum absolute atomic E-state index is 0.0522. The van der Waals surface area contributed by atoms with Crippen molar-refractivity contribution < 1.29 is 10.2 Å². The molecule has 0 aromatic heterocycles. The smallest absolute Gasteiger partial charge is 0.0431 e. The van der Waals surface area contributed by atoms with Crippen molar-refractivity contribution in [2.24, 2.45) is 0 Å². The van der Waals surface area contributed by atoms with Crippen molar-refractivity contribution >= 4 is 31.9 Å². The first-order valence-corrected chi connectivity index (χ1v) is 12.5. The molecule has 0 saturated heterocycles. The number of aliphatic hydroxyl groups excluding tert-OH is 2. The molecular formula is C25H32Br2O2. The molecule has 158 valence electrons. The molecule has 2 aromatic carbocycles. The molecule has 2 nitrogen and oxygen atoms in total. The van der Waals surface area contributed by atoms with Gasteiger partial charge in [-0.15, -0.1) is 0 Å². The zero-order chi connectivity index (χ0) is 20.7. The molecule has 1 aliphatic carbocycles. The minimum Gasteiger partial charge on any atom is -0.396 e. The van der Waals surface area contributed by atoms with Gasteiger partial charge in [0.1, 0.15) is 0 Å². The number of halogens is 2. The first-order valence-electron chi connectivity index (χ1n) is 10.9. The standard InChI is InChI=1S/C25H32Br2O2/c26-19-9-11-21-22-12-10-20(27)18-24(22)25(23(21)17-19,13-5-1-3-7-15-28)14-6-2-4-8-16-29/h9-12,17-18,28-29H,1-8,13-16H2. The normalized spacial score (nSPS) is 14.1. The number of hydrogen-bond donors (Lipinski definition) is 2. The molecule has 3 rings (SSSR count). The molecule has 0 unspecified atom stereocenters. The van der Waals surface area contributed by atoms with Crippen LogP contribution in [-0.4, -0.2) is 23.4 Å². The molecule has 0 aliphatic heterocycles. The quantitative estimate of drug-likeness (QED) is 0.285. The van der Waals surface area contributed by atoms with E-state index in [0.717, 1.165) is 47.5 Å². The zero-order valence-electron chi connectivity index (χ0n) is 17.1. The average molecular weight is 524 g/mol. The molecule has 2 N–H and O–H groups in total. The van der Waals surface area contributed by atoms with Crippen molar-refractivity contribution in [2.45, 2.75) is 69.6 Å². The van der Waals surface area contributed by atoms with Gasteiger partial charge in [0.2, 0.25) is 0 Å². The highest BCUT2D eigenvalue weighted by Gasteiger charge is 2.42. The maximum absolute atomic E-state index is 9.11. The third-order valence-electron chi connectivity index (χ3n) is 6.31. The SMILES string of the molecule is OCCCCCCC1(CCCCCCO)c2cc(Br)ccc2-c2ccc(Br)cc21. The van der Waals surface area contributed by atoms with Crippen LogP contribution in [0.15, 0.2) is 45.3 Å². The second-order valence-electron chi connectivity index (χ2n) is 8.24. The van der Waals surface area contributed by atoms with E-state index in [1.807, 2.05) is 0 Å². The Morgan fingerprint density at radius 3 is 1.41 bits per heavy atom. The third kappa shape index (κ3) is 5.33. The second-order valence-corrected chi connectivity index (χ2v) is 10.1. The molecule has 0 amide bonds. The van der Waals surface area contributed by atoms with Crippen LogP contribution in [0.1, 0.15) is 75.3 Å². The fourth-order valence-corrected chi connectivity index (χ4v) is 5.61. The summed E-state index contributed by atoms with van der Waals surface area (Å²) in [5, 5.41) is 18.2. The van der Waals surface area contributed by atoms with Crippen molar-refractivity contribution in [1.82, 2.24) is 0 Å². The summed E-state index contributed by atoms with van der Waals surface area (Å²) in [6.07, 6.45) is 11.0. The van der Waals surface area contributed by atoms with Gasteiger partial charge in [0, 0.05) is 27.6 Å². The lowest BCUT2D eigenvalue weighted by Gasteiger charge is -2.33. The molecule has 0 atom stereocenters. The van der Waals surface area contributed by atoms with Gasteiger partial charge in [-0.2, -0.15) is 0 Å². The Morgan fingerprint density at radius 1 is 0.586 bits per heavy atom. The van der Waals surface area contributed by atoms with E-state index in [1.54, 1.807) is 0 Å². The van der Waals surface area contributed by atoms with Gasteiger partial charge in [0.05, 0.1) is 0 Å². The van der Waals surface area contributed by atoms with Gasteiger partial charge in [0.25, 0.3) is 0 Å². The van der Waals surface area contributed by atoms with Crippen LogP contribution < -0.4 is 0 Å². The van der Waals surface area contributed by atoms with Crippen molar-refractivity contribution in [2.75, 3.05) is 13.2 Å². The van der Waals surface area contributed by atoms with Crippen LogP contribution in [0.4, 0.5) is 0 Å². The fourth-order valence-electron chi connectivity index (χ4n) is 4.89. The minimum atomic E-state index is 0.0522. The summed E-state index contributed by atoms with van der Waals surface area (Å²) in [6, 6.07) is 13.5. The lowest BCUT2D eigenvalue weighted by atomic mass is 9.70. The van der Waals surface area contributed by atoms with Gasteiger partial charge < -0.3 is 10.2 Å². The van der Waals surface area contributed by atoms with Gasteiger partial charge in [-0.25, -0.2) is 0 Å². The summed E-state index contributed by atoms with van der Waals surface area (Å²) in [5.74, 6) is 0. The molecule has 4 heteroatoms. The first kappa shape index (κ1) is 23.0. The molecule has 0 bridgehead atoms. The molecule has 0 fully saturated rings. The van der Waals surface area contributed by atoms with E-state index >= 15 is 0 Å². The van der Waals surface area contributed by atoms with Crippen LogP contribution in [0.25, 0.3) is 11.1 Å². The number of aliphatic hydroxyl groups is 2. The van der Waals surface area contributed by atoms with Crippen LogP contribution in [-0.2, 0) is 5.41 Å². The summed E-state index contributed by atoms with van der Waals surface area (Å²) in [5.41, 5.74) is 5.73. The van der Waals surface area contributed by atoms with Crippen molar-refractivity contribution in [3.05, 3.63) is 56.5 Å². The summed E-state index contributed by atoms with van der Waals surface area (Å²) >= 11 is 7.43. The maximum Gasteiger partial charge on any atom is 0.0431 e. The molecule has 0 saturated carbocycles. The van der Waals surface area contributed by atoms with Gasteiger partial charge in [0.15, 0.2) is 0 Å². The highest BCUT2D eigenvalue weighted by atomic mass is 79.9. The van der Waals surface area contributed by atoms with Crippen LogP contribution in [0, 0.1) is 0 Å². The predicted molar refractivity (Wildman–Crippen MR) is 128 cm³/mol. The van der Waals surface area contributed by atoms with E-state index in [1.165, 1.54) is 47.9 Å². The molecule has 1 aliphatic rings. The van der Waals surface area contributed by atoms with E-state index in [9.17, 15) is 0 Å². The van der Waals surface area contributed by atoms with Gasteiger partial charge >= 0.3 is 0 Å². The lowest BCUT2D eigenvalue weighted by molar-refractivity contribution is 0.279. The highest BCUT2D eigenvalue weighted by molar-refractivity contribution is 9.10. The summed E-state index contributed by atoms with van der Waals surface area (Å²) in [4.78, 5) is 0. The van der Waals surface area contributed by atoms with Crippen LogP contribution >= 0.6 is 31.9 Å². The molecule has 0 radical (unpaired) electrons. The summed E-state index contributed by atoms with van der Waals surface area (Å²) in [7, 11) is 0. The Labute approximate surface area is 192 Å². The Hall–Kier alpha value is -0.680. The van der Waals surface area contributed by atoms with Gasteiger partial charge in [-0.1, -0.05) is 82.5 Å². The van der Waals surface area contributed by atoms with E-state index < -0.39 is 0 Å². The van der Waals surface area contributed by atoms with Crippen LogP contribution in [0.5, 0.6) is 0 Å². The van der Waals surface area contributed by atoms with E-state index in [2.05, 4.69) is 68.3 Å². The summed E-state index contributed by atoms with van der Waals surface area (Å²) < 4.78 is 2.29. The van der Waals surface area contributed by atoms with Crippen molar-refractivity contribution in [3.63, 3.8) is 0 Å². The fraction of sp³-hybridized carbons (Fsp3) is 0.520. The maximum atomic E-state index is 9.11. The molecule has 29 heavy (non-hydrogen) atoms. The Kier molecular flexibility index (Phi) is 8.79. The van der Waals surface area contributed by atoms with Crippen molar-refractivity contribution in [1.29, 1.82) is 0 Å². The van der Waals surface area contributed by atoms with E-state index in [-0.39, 0.29) is 5.41 Å². The average Bonchev–Trinajstić information content (AvgIpc) is 2.96. The number of fused-ring (bicyclic) bond motifs is 3. The monoisotopic (exact) mass is 522 g/mol. The predicted octanol–water partition coefficient (Wildman–Crippen LogP) is 7.36. The highest BCUT2D eigenvalue weighted by Crippen LogP contribution is 2.55. The largest absolute Gasteiger partial charge is 0.396 e. The zero-order valence-corrected chi connectivity index (χ0v) is 20.3. The number of unbranched alkanes of at least 4 members (excludes halogenated alkanes) is 6. The van der Waals surface area contributed by atoms with Crippen LogP contribution in [0.2, 0.25) is 0 Å². The first-order chi connectivity index (χ1) is 14.1. The third-order valence-corrected chi connectivity index (χ3v) is 7.29. The van der Waals surface area contributed by atoms with Crippen LogP contribution in [0.3, 0.4) is 0 Å². The molecule has 0 heterocycles. The molecular weight excluding hydrogens is 492 g/mol. The number of benzene rings is 2. The van der Waals surface area contributed by atoms with Gasteiger partial charge in [-0.05, 0) is 72.2 Å². The number of rotatable bonds is 12. The second kappa shape index (κ2) is 11.1. The van der Waals surface area contributed by atoms with Crippen molar-refractivity contribution in [3.8, 4) is 11.1 Å². The molecule has 2 aromatic rings. The topological polar surface area (TPSA) is 40.5 Å². The van der Waals surface area contributed by atoms with Gasteiger partial charge in [-0.3, -0.25) is 0 Å². The van der Waals surface area contributed by atoms with E-state index in [4.69, 9.17) is 10.2 Å². The van der Waals surface area contributed by atoms with E-state index in [0.29, 0.717) is 13.2 Å². The Balaban J connectivity index is 1.93. The Bertz CT molecular complexity index is 736. The summed E-state index contributed by atoms with van der Waals surface area (Å²) in [6.45, 7) is 0.586. The number of hydrogen-bond acceptors (Lipinski definition) is 2. The lowest BCUT2D eigenvalue weighted by Crippen LogP contribution is -2.25.